The third-order valence-electron chi connectivity index (χ3n) is 4.41. The third-order valence-corrected chi connectivity index (χ3v) is 4.41. The lowest BCUT2D eigenvalue weighted by Gasteiger charge is -2.35. The molecule has 3 heteroatoms. The van der Waals surface area contributed by atoms with Gasteiger partial charge < -0.3 is 15.6 Å². The number of phenolic OH excluding ortho intramolecular Hbond substituents is 1. The summed E-state index contributed by atoms with van der Waals surface area (Å²) in [5.74, 6) is 1.13. The number of rotatable bonds is 2. The number of ether oxygens (including phenoxy) is 1. The molecule has 0 atom stereocenters. The van der Waals surface area contributed by atoms with Gasteiger partial charge in [-0.05, 0) is 30.4 Å². The van der Waals surface area contributed by atoms with Gasteiger partial charge in [-0.2, -0.15) is 0 Å². The predicted octanol–water partition coefficient (Wildman–Crippen LogP) is 3.82. The summed E-state index contributed by atoms with van der Waals surface area (Å²) < 4.78 is 5.56. The Hall–Kier alpha value is -1.22. The van der Waals surface area contributed by atoms with Crippen molar-refractivity contribution in [2.75, 3.05) is 7.11 Å². The lowest BCUT2D eigenvalue weighted by Crippen LogP contribution is -2.39. The van der Waals surface area contributed by atoms with E-state index < -0.39 is 0 Å². The highest BCUT2D eigenvalue weighted by molar-refractivity contribution is 5.51. The molecule has 0 radical (unpaired) electrons. The summed E-state index contributed by atoms with van der Waals surface area (Å²) in [6.07, 6.45) is 5.44. The first kappa shape index (κ1) is 15.2. The molecule has 3 N–H and O–H groups in total. The van der Waals surface area contributed by atoms with Crippen LogP contribution in [0.25, 0.3) is 0 Å². The van der Waals surface area contributed by atoms with E-state index in [0.717, 1.165) is 42.6 Å². The van der Waals surface area contributed by atoms with E-state index in [1.807, 2.05) is 12.1 Å². The molecule has 0 amide bonds. The van der Waals surface area contributed by atoms with Crippen molar-refractivity contribution in [3.8, 4) is 11.5 Å². The fraction of sp³-hybridized carbons (Fsp3) is 0.647. The van der Waals surface area contributed by atoms with Gasteiger partial charge in [-0.25, -0.2) is 0 Å². The molecular weight excluding hydrogens is 250 g/mol. The number of hydrogen-bond acceptors (Lipinski definition) is 3. The van der Waals surface area contributed by atoms with Gasteiger partial charge in [-0.1, -0.05) is 40.0 Å². The van der Waals surface area contributed by atoms with Gasteiger partial charge in [0.15, 0.2) is 0 Å². The maximum Gasteiger partial charge on any atom is 0.124 e. The molecule has 2 rings (SSSR count). The third kappa shape index (κ3) is 2.78. The molecule has 0 saturated heterocycles. The van der Waals surface area contributed by atoms with E-state index in [9.17, 15) is 5.11 Å². The molecule has 1 aliphatic rings. The van der Waals surface area contributed by atoms with Gasteiger partial charge >= 0.3 is 0 Å². The monoisotopic (exact) mass is 277 g/mol. The molecule has 1 fully saturated rings. The van der Waals surface area contributed by atoms with Crippen LogP contribution in [-0.4, -0.2) is 12.2 Å². The van der Waals surface area contributed by atoms with Gasteiger partial charge in [0.2, 0.25) is 0 Å². The molecule has 0 aliphatic heterocycles. The predicted molar refractivity (Wildman–Crippen MR) is 82.3 cm³/mol. The largest absolute Gasteiger partial charge is 0.508 e. The fourth-order valence-corrected chi connectivity index (χ4v) is 3.18. The van der Waals surface area contributed by atoms with Crippen LogP contribution >= 0.6 is 0 Å². The molecule has 1 saturated carbocycles. The van der Waals surface area contributed by atoms with E-state index in [0.29, 0.717) is 5.75 Å². The van der Waals surface area contributed by atoms with Crippen molar-refractivity contribution in [3.63, 3.8) is 0 Å². The summed E-state index contributed by atoms with van der Waals surface area (Å²) in [4.78, 5) is 0. The van der Waals surface area contributed by atoms with E-state index in [4.69, 9.17) is 10.5 Å². The number of phenols is 1. The topological polar surface area (TPSA) is 55.5 Å². The van der Waals surface area contributed by atoms with Gasteiger partial charge in [0.05, 0.1) is 7.11 Å². The van der Waals surface area contributed by atoms with Gasteiger partial charge in [-0.15, -0.1) is 0 Å². The second kappa shape index (κ2) is 5.28. The Balaban J connectivity index is 2.51. The number of hydrogen-bond donors (Lipinski definition) is 2. The maximum atomic E-state index is 10.4. The highest BCUT2D eigenvalue weighted by Crippen LogP contribution is 2.44. The summed E-state index contributed by atoms with van der Waals surface area (Å²) in [7, 11) is 1.68. The summed E-state index contributed by atoms with van der Waals surface area (Å²) in [6.45, 7) is 6.25. The zero-order valence-corrected chi connectivity index (χ0v) is 13.1. The quantitative estimate of drug-likeness (QED) is 0.864. The van der Waals surface area contributed by atoms with Crippen molar-refractivity contribution in [3.05, 3.63) is 23.3 Å². The van der Waals surface area contributed by atoms with Gasteiger partial charge in [-0.3, -0.25) is 0 Å². The van der Waals surface area contributed by atoms with Crippen molar-refractivity contribution in [1.82, 2.24) is 0 Å². The Morgan fingerprint density at radius 3 is 2.25 bits per heavy atom. The van der Waals surface area contributed by atoms with Crippen LogP contribution in [0, 0.1) is 0 Å². The Labute approximate surface area is 122 Å². The van der Waals surface area contributed by atoms with Crippen LogP contribution in [-0.2, 0) is 11.0 Å². The smallest absolute Gasteiger partial charge is 0.124 e. The van der Waals surface area contributed by atoms with Crippen LogP contribution < -0.4 is 10.5 Å². The minimum atomic E-state index is -0.364. The Kier molecular flexibility index (Phi) is 4.01. The highest BCUT2D eigenvalue weighted by Gasteiger charge is 2.34. The van der Waals surface area contributed by atoms with Gasteiger partial charge in [0.1, 0.15) is 11.5 Å². The molecule has 1 aromatic rings. The molecule has 112 valence electrons. The van der Waals surface area contributed by atoms with Crippen molar-refractivity contribution >= 4 is 0 Å². The van der Waals surface area contributed by atoms with E-state index in [-0.39, 0.29) is 11.0 Å². The molecular formula is C17H27NO2. The first-order chi connectivity index (χ1) is 9.28. The van der Waals surface area contributed by atoms with Crippen LogP contribution in [0.2, 0.25) is 0 Å². The molecule has 0 aromatic heterocycles. The first-order valence-corrected chi connectivity index (χ1v) is 7.49. The minimum Gasteiger partial charge on any atom is -0.508 e. The SMILES string of the molecule is COc1cc(C(C)(C)C)c(O)cc1C1(N)CCCCC1. The average Bonchev–Trinajstić information content (AvgIpc) is 2.38. The van der Waals surface area contributed by atoms with Crippen molar-refractivity contribution in [2.24, 2.45) is 5.73 Å². The minimum absolute atomic E-state index is 0.121. The number of nitrogens with two attached hydrogens (primary N) is 1. The van der Waals surface area contributed by atoms with E-state index in [2.05, 4.69) is 20.8 Å². The van der Waals surface area contributed by atoms with E-state index >= 15 is 0 Å². The van der Waals surface area contributed by atoms with Gasteiger partial charge in [0, 0.05) is 16.7 Å². The zero-order chi connectivity index (χ0) is 15.0. The van der Waals surface area contributed by atoms with Gasteiger partial charge in [0.25, 0.3) is 0 Å². The van der Waals surface area contributed by atoms with Crippen molar-refractivity contribution in [2.45, 2.75) is 63.8 Å². The fourth-order valence-electron chi connectivity index (χ4n) is 3.18. The van der Waals surface area contributed by atoms with Crippen molar-refractivity contribution in [1.29, 1.82) is 0 Å². The molecule has 0 spiro atoms. The van der Waals surface area contributed by atoms with Crippen LogP contribution in [0.1, 0.15) is 64.0 Å². The summed E-state index contributed by atoms with van der Waals surface area (Å²) >= 11 is 0. The zero-order valence-electron chi connectivity index (χ0n) is 13.1. The second-order valence-electron chi connectivity index (χ2n) is 7.04. The second-order valence-corrected chi connectivity index (χ2v) is 7.04. The number of methoxy groups -OCH3 is 1. The van der Waals surface area contributed by atoms with Crippen LogP contribution in [0.3, 0.4) is 0 Å². The summed E-state index contributed by atoms with van der Waals surface area (Å²) in [6, 6.07) is 3.78. The standard InChI is InChI=1S/C17H27NO2/c1-16(2,3)12-11-15(20-4)13(10-14(12)19)17(18)8-6-5-7-9-17/h10-11,19H,5-9,18H2,1-4H3. The molecule has 0 bridgehead atoms. The van der Waals surface area contributed by atoms with Crippen LogP contribution in [0.15, 0.2) is 12.1 Å². The Morgan fingerprint density at radius 2 is 1.75 bits per heavy atom. The molecule has 20 heavy (non-hydrogen) atoms. The summed E-state index contributed by atoms with van der Waals surface area (Å²) in [5, 5.41) is 10.4. The highest BCUT2D eigenvalue weighted by atomic mass is 16.5. The normalized spacial score (nSPS) is 18.9. The Bertz CT molecular complexity index is 482. The number of benzene rings is 1. The molecule has 3 nitrogen and oxygen atoms in total. The first-order valence-electron chi connectivity index (χ1n) is 7.49. The van der Waals surface area contributed by atoms with E-state index in [1.54, 1.807) is 7.11 Å². The lowest BCUT2D eigenvalue weighted by atomic mass is 9.75. The average molecular weight is 277 g/mol. The molecule has 1 aromatic carbocycles. The van der Waals surface area contributed by atoms with Crippen LogP contribution in [0.4, 0.5) is 0 Å². The maximum absolute atomic E-state index is 10.4. The molecule has 1 aliphatic carbocycles. The summed E-state index contributed by atoms with van der Waals surface area (Å²) in [5.41, 5.74) is 7.96. The lowest BCUT2D eigenvalue weighted by molar-refractivity contribution is 0.287. The molecule has 0 unspecified atom stereocenters. The van der Waals surface area contributed by atoms with Crippen LogP contribution in [0.5, 0.6) is 11.5 Å². The van der Waals surface area contributed by atoms with Crippen molar-refractivity contribution < 1.29 is 9.84 Å². The number of aromatic hydroxyl groups is 1. The Morgan fingerprint density at radius 1 is 1.15 bits per heavy atom. The van der Waals surface area contributed by atoms with E-state index in [1.165, 1.54) is 6.42 Å². The molecule has 0 heterocycles.